The molecule has 0 aliphatic rings. The summed E-state index contributed by atoms with van der Waals surface area (Å²) in [5, 5.41) is 2.73. The summed E-state index contributed by atoms with van der Waals surface area (Å²) in [6.45, 7) is 7.29. The first-order chi connectivity index (χ1) is 12.7. The molecule has 0 spiro atoms. The van der Waals surface area contributed by atoms with Crippen molar-refractivity contribution in [3.63, 3.8) is 0 Å². The van der Waals surface area contributed by atoms with E-state index in [4.69, 9.17) is 4.74 Å². The van der Waals surface area contributed by atoms with Crippen LogP contribution in [0.1, 0.15) is 32.8 Å². The van der Waals surface area contributed by atoms with Gasteiger partial charge in [0.1, 0.15) is 5.75 Å². The third kappa shape index (κ3) is 5.80. The molecule has 0 saturated heterocycles. The lowest BCUT2D eigenvalue weighted by atomic mass is 10.2. The number of anilines is 1. The van der Waals surface area contributed by atoms with Gasteiger partial charge < -0.3 is 10.1 Å². The maximum absolute atomic E-state index is 12.3. The highest BCUT2D eigenvalue weighted by Crippen LogP contribution is 2.19. The van der Waals surface area contributed by atoms with Crippen molar-refractivity contribution in [2.45, 2.75) is 51.2 Å². The molecule has 0 saturated carbocycles. The summed E-state index contributed by atoms with van der Waals surface area (Å²) in [5.74, 6) is 0.337. The van der Waals surface area contributed by atoms with Crippen molar-refractivity contribution in [1.82, 2.24) is 4.72 Å². The molecule has 7 heteroatoms. The van der Waals surface area contributed by atoms with Gasteiger partial charge in [-0.15, -0.1) is 0 Å². The molecule has 2 unspecified atom stereocenters. The molecule has 0 fully saturated rings. The zero-order valence-electron chi connectivity index (χ0n) is 16.0. The minimum absolute atomic E-state index is 0.145. The molecule has 0 aliphatic carbocycles. The molecule has 27 heavy (non-hydrogen) atoms. The van der Waals surface area contributed by atoms with Gasteiger partial charge in [0.25, 0.3) is 5.91 Å². The second-order valence-corrected chi connectivity index (χ2v) is 8.18. The zero-order chi connectivity index (χ0) is 20.0. The van der Waals surface area contributed by atoms with Gasteiger partial charge >= 0.3 is 0 Å². The van der Waals surface area contributed by atoms with Crippen molar-refractivity contribution in [3.8, 4) is 5.75 Å². The van der Waals surface area contributed by atoms with Crippen LogP contribution in [0.25, 0.3) is 0 Å². The highest BCUT2D eigenvalue weighted by Gasteiger charge is 2.18. The lowest BCUT2D eigenvalue weighted by Gasteiger charge is -2.16. The van der Waals surface area contributed by atoms with Crippen molar-refractivity contribution < 1.29 is 17.9 Å². The van der Waals surface area contributed by atoms with E-state index < -0.39 is 16.1 Å². The molecule has 146 valence electrons. The van der Waals surface area contributed by atoms with Crippen LogP contribution in [-0.2, 0) is 14.8 Å². The van der Waals surface area contributed by atoms with Crippen molar-refractivity contribution >= 4 is 21.6 Å². The van der Waals surface area contributed by atoms with Crippen molar-refractivity contribution in [2.24, 2.45) is 0 Å². The van der Waals surface area contributed by atoms with Gasteiger partial charge in [-0.2, -0.15) is 0 Å². The summed E-state index contributed by atoms with van der Waals surface area (Å²) in [6, 6.07) is 13.4. The van der Waals surface area contributed by atoms with Crippen LogP contribution >= 0.6 is 0 Å². The summed E-state index contributed by atoms with van der Waals surface area (Å²) < 4.78 is 32.8. The second-order valence-electron chi connectivity index (χ2n) is 6.47. The molecule has 0 bridgehead atoms. The molecular weight excluding hydrogens is 364 g/mol. The average molecular weight is 391 g/mol. The standard InChI is InChI=1S/C20H26N2O4S/c1-5-15(3)22-27(24,25)18-12-10-17(11-13-18)21-20(23)16(4)26-19-9-7-6-8-14(19)2/h6-13,15-16,22H,5H2,1-4H3,(H,21,23). The first-order valence-corrected chi connectivity index (χ1v) is 10.4. The molecule has 2 N–H and O–H groups in total. The van der Waals surface area contributed by atoms with E-state index in [9.17, 15) is 13.2 Å². The molecular formula is C20H26N2O4S. The molecule has 0 aliphatic heterocycles. The lowest BCUT2D eigenvalue weighted by molar-refractivity contribution is -0.122. The number of rotatable bonds is 8. The summed E-state index contributed by atoms with van der Waals surface area (Å²) in [7, 11) is -3.57. The van der Waals surface area contributed by atoms with Crippen LogP contribution in [0.4, 0.5) is 5.69 Å². The number of amides is 1. The Hall–Kier alpha value is -2.38. The minimum Gasteiger partial charge on any atom is -0.481 e. The molecule has 2 aromatic carbocycles. The predicted octanol–water partition coefficient (Wildman–Crippen LogP) is 3.48. The maximum atomic E-state index is 12.3. The topological polar surface area (TPSA) is 84.5 Å². The molecule has 6 nitrogen and oxygen atoms in total. The van der Waals surface area contributed by atoms with E-state index in [1.165, 1.54) is 12.1 Å². The number of hydrogen-bond donors (Lipinski definition) is 2. The van der Waals surface area contributed by atoms with Crippen LogP contribution in [0.2, 0.25) is 0 Å². The monoisotopic (exact) mass is 390 g/mol. The summed E-state index contributed by atoms with van der Waals surface area (Å²) in [6.07, 6.45) is 0.00756. The van der Waals surface area contributed by atoms with Crippen LogP contribution in [0.5, 0.6) is 5.75 Å². The van der Waals surface area contributed by atoms with Crippen LogP contribution in [-0.4, -0.2) is 26.5 Å². The summed E-state index contributed by atoms with van der Waals surface area (Å²) in [5.41, 5.74) is 1.45. The van der Waals surface area contributed by atoms with Crippen LogP contribution in [0.3, 0.4) is 0 Å². The Kier molecular flexibility index (Phi) is 6.98. The number of sulfonamides is 1. The van der Waals surface area contributed by atoms with Crippen LogP contribution in [0.15, 0.2) is 53.4 Å². The molecule has 2 rings (SSSR count). The minimum atomic E-state index is -3.57. The van der Waals surface area contributed by atoms with E-state index in [-0.39, 0.29) is 16.8 Å². The molecule has 0 radical (unpaired) electrons. The third-order valence-electron chi connectivity index (χ3n) is 4.17. The Labute approximate surface area is 161 Å². The summed E-state index contributed by atoms with van der Waals surface area (Å²) in [4.78, 5) is 12.5. The quantitative estimate of drug-likeness (QED) is 0.723. The molecule has 1 amide bonds. The Balaban J connectivity index is 2.01. The largest absolute Gasteiger partial charge is 0.481 e. The SMILES string of the molecule is CCC(C)NS(=O)(=O)c1ccc(NC(=O)C(C)Oc2ccccc2C)cc1. The van der Waals surface area contributed by atoms with Crippen LogP contribution < -0.4 is 14.8 Å². The van der Waals surface area contributed by atoms with Gasteiger partial charge in [-0.25, -0.2) is 13.1 Å². The van der Waals surface area contributed by atoms with Crippen molar-refractivity contribution in [3.05, 3.63) is 54.1 Å². The van der Waals surface area contributed by atoms with E-state index >= 15 is 0 Å². The van der Waals surface area contributed by atoms with E-state index in [1.807, 2.05) is 45.0 Å². The van der Waals surface area contributed by atoms with Gasteiger partial charge in [0.15, 0.2) is 6.10 Å². The van der Waals surface area contributed by atoms with E-state index in [1.54, 1.807) is 19.1 Å². The number of carbonyl (C=O) groups is 1. The van der Waals surface area contributed by atoms with E-state index in [0.717, 1.165) is 5.56 Å². The number of carbonyl (C=O) groups excluding carboxylic acids is 1. The smallest absolute Gasteiger partial charge is 0.265 e. The van der Waals surface area contributed by atoms with Crippen LogP contribution in [0, 0.1) is 6.92 Å². The normalized spacial score (nSPS) is 13.6. The Morgan fingerprint density at radius 1 is 1.07 bits per heavy atom. The molecule has 0 aromatic heterocycles. The van der Waals surface area contributed by atoms with Crippen molar-refractivity contribution in [2.75, 3.05) is 5.32 Å². The first-order valence-electron chi connectivity index (χ1n) is 8.88. The molecule has 2 atom stereocenters. The maximum Gasteiger partial charge on any atom is 0.265 e. The second kappa shape index (κ2) is 9.01. The number of para-hydroxylation sites is 1. The first kappa shape index (κ1) is 20.9. The highest BCUT2D eigenvalue weighted by molar-refractivity contribution is 7.89. The lowest BCUT2D eigenvalue weighted by Crippen LogP contribution is -2.32. The Morgan fingerprint density at radius 2 is 1.70 bits per heavy atom. The van der Waals surface area contributed by atoms with Gasteiger partial charge in [0, 0.05) is 11.7 Å². The fourth-order valence-electron chi connectivity index (χ4n) is 2.31. The van der Waals surface area contributed by atoms with E-state index in [0.29, 0.717) is 17.9 Å². The number of nitrogens with one attached hydrogen (secondary N) is 2. The number of hydrogen-bond acceptors (Lipinski definition) is 4. The Bertz CT molecular complexity index is 879. The van der Waals surface area contributed by atoms with Gasteiger partial charge in [0.05, 0.1) is 4.90 Å². The average Bonchev–Trinajstić information content (AvgIpc) is 2.63. The molecule has 0 heterocycles. The predicted molar refractivity (Wildman–Crippen MR) is 106 cm³/mol. The van der Waals surface area contributed by atoms with E-state index in [2.05, 4.69) is 10.0 Å². The van der Waals surface area contributed by atoms with Gasteiger partial charge in [0.2, 0.25) is 10.0 Å². The highest BCUT2D eigenvalue weighted by atomic mass is 32.2. The summed E-state index contributed by atoms with van der Waals surface area (Å²) >= 11 is 0. The molecule has 2 aromatic rings. The van der Waals surface area contributed by atoms with Gasteiger partial charge in [-0.3, -0.25) is 4.79 Å². The fourth-order valence-corrected chi connectivity index (χ4v) is 3.64. The Morgan fingerprint density at radius 3 is 2.30 bits per heavy atom. The van der Waals surface area contributed by atoms with Crippen molar-refractivity contribution in [1.29, 1.82) is 0 Å². The number of aryl methyl sites for hydroxylation is 1. The van der Waals surface area contributed by atoms with Gasteiger partial charge in [-0.05, 0) is 63.1 Å². The number of benzene rings is 2. The number of ether oxygens (including phenoxy) is 1. The fraction of sp³-hybridized carbons (Fsp3) is 0.350. The third-order valence-corrected chi connectivity index (χ3v) is 5.77. The zero-order valence-corrected chi connectivity index (χ0v) is 16.8. The van der Waals surface area contributed by atoms with Gasteiger partial charge in [-0.1, -0.05) is 25.1 Å².